The van der Waals surface area contributed by atoms with Crippen molar-refractivity contribution >= 4 is 17.9 Å². The third-order valence-electron chi connectivity index (χ3n) is 5.23. The van der Waals surface area contributed by atoms with Crippen molar-refractivity contribution in [3.8, 4) is 11.3 Å². The quantitative estimate of drug-likeness (QED) is 0.276. The highest BCUT2D eigenvalue weighted by Crippen LogP contribution is 2.29. The number of aryl methyl sites for hydroxylation is 1. The summed E-state index contributed by atoms with van der Waals surface area (Å²) in [6.07, 6.45) is 6.29. The van der Waals surface area contributed by atoms with Gasteiger partial charge in [0.2, 0.25) is 6.41 Å². The van der Waals surface area contributed by atoms with Crippen molar-refractivity contribution in [3.05, 3.63) is 108 Å². The lowest BCUT2D eigenvalue weighted by atomic mass is 10.1. The molecule has 0 aliphatic carbocycles. The Morgan fingerprint density at radius 1 is 0.844 bits per heavy atom. The largest absolute Gasteiger partial charge is 0.368 e. The van der Waals surface area contributed by atoms with Gasteiger partial charge >= 0.3 is 0 Å². The van der Waals surface area contributed by atoms with Gasteiger partial charge in [-0.3, -0.25) is 9.78 Å². The fraction of sp³-hybridized carbons (Fsp3) is 0.148. The molecule has 5 heteroatoms. The second-order valence-electron chi connectivity index (χ2n) is 7.54. The Morgan fingerprint density at radius 3 is 2.31 bits per heavy atom. The zero-order valence-electron chi connectivity index (χ0n) is 17.9. The molecule has 160 valence electrons. The summed E-state index contributed by atoms with van der Waals surface area (Å²) in [6, 6.07) is 28.2. The molecular formula is C27H26N4O. The number of nitrogens with zero attached hydrogens (tertiary/aromatic N) is 3. The lowest BCUT2D eigenvalue weighted by molar-refractivity contribution is -0.107. The van der Waals surface area contributed by atoms with Crippen LogP contribution < -0.4 is 10.2 Å². The summed E-state index contributed by atoms with van der Waals surface area (Å²) >= 11 is 0. The molecule has 4 rings (SSSR count). The van der Waals surface area contributed by atoms with Crippen molar-refractivity contribution in [3.63, 3.8) is 0 Å². The Labute approximate surface area is 188 Å². The lowest BCUT2D eigenvalue weighted by Crippen LogP contribution is -2.22. The van der Waals surface area contributed by atoms with Gasteiger partial charge in [-0.15, -0.1) is 0 Å². The summed E-state index contributed by atoms with van der Waals surface area (Å²) in [5.74, 6) is 0.704. The molecule has 0 saturated heterocycles. The highest BCUT2D eigenvalue weighted by atomic mass is 16.1. The number of nitrogens with one attached hydrogen (secondary N) is 1. The molecule has 0 radical (unpaired) electrons. The van der Waals surface area contributed by atoms with Crippen LogP contribution in [-0.4, -0.2) is 22.9 Å². The van der Waals surface area contributed by atoms with Gasteiger partial charge in [-0.25, -0.2) is 4.98 Å². The summed E-state index contributed by atoms with van der Waals surface area (Å²) in [7, 11) is 0. The van der Waals surface area contributed by atoms with E-state index in [1.165, 1.54) is 5.56 Å². The van der Waals surface area contributed by atoms with Gasteiger partial charge in [0.05, 0.1) is 17.9 Å². The van der Waals surface area contributed by atoms with Crippen LogP contribution in [0.3, 0.4) is 0 Å². The third kappa shape index (κ3) is 5.58. The van der Waals surface area contributed by atoms with E-state index in [1.54, 1.807) is 17.3 Å². The molecule has 0 aliphatic rings. The number of carbonyl (C=O) groups excluding carboxylic acids is 1. The minimum Gasteiger partial charge on any atom is -0.368 e. The second kappa shape index (κ2) is 10.9. The first-order valence-electron chi connectivity index (χ1n) is 10.8. The van der Waals surface area contributed by atoms with Gasteiger partial charge in [0.1, 0.15) is 0 Å². The van der Waals surface area contributed by atoms with Crippen molar-refractivity contribution in [2.45, 2.75) is 19.4 Å². The van der Waals surface area contributed by atoms with Crippen molar-refractivity contribution < 1.29 is 4.79 Å². The number of carbonyl (C=O) groups is 1. The van der Waals surface area contributed by atoms with E-state index in [9.17, 15) is 4.79 Å². The van der Waals surface area contributed by atoms with E-state index in [-0.39, 0.29) is 0 Å². The Morgan fingerprint density at radius 2 is 1.59 bits per heavy atom. The van der Waals surface area contributed by atoms with E-state index in [0.29, 0.717) is 12.4 Å². The van der Waals surface area contributed by atoms with Gasteiger partial charge in [0.25, 0.3) is 0 Å². The van der Waals surface area contributed by atoms with Crippen LogP contribution in [0.5, 0.6) is 0 Å². The van der Waals surface area contributed by atoms with Crippen molar-refractivity contribution in [2.75, 3.05) is 16.8 Å². The molecule has 2 aromatic heterocycles. The summed E-state index contributed by atoms with van der Waals surface area (Å²) in [5, 5.41) is 3.47. The predicted molar refractivity (Wildman–Crippen MR) is 129 cm³/mol. The first-order valence-corrected chi connectivity index (χ1v) is 10.8. The molecular weight excluding hydrogens is 396 g/mol. The highest BCUT2D eigenvalue weighted by Gasteiger charge is 2.14. The van der Waals surface area contributed by atoms with Crippen LogP contribution in [0.15, 0.2) is 97.3 Å². The molecule has 0 fully saturated rings. The molecule has 0 bridgehead atoms. The Balaban J connectivity index is 1.55. The Kier molecular flexibility index (Phi) is 7.21. The van der Waals surface area contributed by atoms with Crippen LogP contribution in [0.4, 0.5) is 11.5 Å². The number of aromatic nitrogens is 2. The monoisotopic (exact) mass is 422 g/mol. The molecule has 1 N–H and O–H groups in total. The molecule has 0 unspecified atom stereocenters. The number of anilines is 2. The standard InChI is InChI=1S/C27H26N4O/c32-21-31(20-23-12-7-17-28-19-23)26-16-15-25(24-13-5-2-6-14-24)30-27(26)29-18-8-11-22-9-3-1-4-10-22/h1-7,9-10,12-17,19,21H,8,11,18,20H2,(H,29,30). The molecule has 2 heterocycles. The minimum atomic E-state index is 0.433. The first-order chi connectivity index (χ1) is 15.8. The zero-order valence-corrected chi connectivity index (χ0v) is 17.9. The fourth-order valence-corrected chi connectivity index (χ4v) is 3.59. The molecule has 0 saturated carbocycles. The van der Waals surface area contributed by atoms with E-state index in [4.69, 9.17) is 4.98 Å². The van der Waals surface area contributed by atoms with Crippen LogP contribution in [-0.2, 0) is 17.8 Å². The maximum Gasteiger partial charge on any atom is 0.214 e. The van der Waals surface area contributed by atoms with E-state index in [0.717, 1.165) is 48.3 Å². The molecule has 4 aromatic rings. The van der Waals surface area contributed by atoms with Crippen LogP contribution in [0.25, 0.3) is 11.3 Å². The van der Waals surface area contributed by atoms with Crippen LogP contribution >= 0.6 is 0 Å². The molecule has 5 nitrogen and oxygen atoms in total. The smallest absolute Gasteiger partial charge is 0.214 e. The Bertz CT molecular complexity index is 1120. The average Bonchev–Trinajstić information content (AvgIpc) is 2.87. The van der Waals surface area contributed by atoms with Gasteiger partial charge in [-0.05, 0) is 42.2 Å². The molecule has 0 aliphatic heterocycles. The first kappa shape index (κ1) is 21.2. The average molecular weight is 423 g/mol. The van der Waals surface area contributed by atoms with Crippen molar-refractivity contribution in [1.29, 1.82) is 0 Å². The lowest BCUT2D eigenvalue weighted by Gasteiger charge is -2.21. The maximum absolute atomic E-state index is 12.0. The number of hydrogen-bond acceptors (Lipinski definition) is 4. The predicted octanol–water partition coefficient (Wildman–Crippen LogP) is 5.35. The molecule has 0 atom stereocenters. The molecule has 32 heavy (non-hydrogen) atoms. The topological polar surface area (TPSA) is 58.1 Å². The van der Waals surface area contributed by atoms with E-state index in [1.807, 2.05) is 60.7 Å². The number of rotatable bonds is 10. The van der Waals surface area contributed by atoms with Gasteiger partial charge in [-0.1, -0.05) is 66.7 Å². The van der Waals surface area contributed by atoms with E-state index in [2.05, 4.69) is 34.6 Å². The third-order valence-corrected chi connectivity index (χ3v) is 5.23. The zero-order chi connectivity index (χ0) is 22.0. The highest BCUT2D eigenvalue weighted by molar-refractivity contribution is 5.83. The summed E-state index contributed by atoms with van der Waals surface area (Å²) in [5.41, 5.74) is 4.93. The van der Waals surface area contributed by atoms with Crippen LogP contribution in [0, 0.1) is 0 Å². The SMILES string of the molecule is O=CN(Cc1cccnc1)c1ccc(-c2ccccc2)nc1NCCCc1ccccc1. The normalized spacial score (nSPS) is 10.5. The minimum absolute atomic E-state index is 0.433. The summed E-state index contributed by atoms with van der Waals surface area (Å²) in [6.45, 7) is 1.19. The molecule has 1 amide bonds. The van der Waals surface area contributed by atoms with Gasteiger partial charge in [0.15, 0.2) is 5.82 Å². The van der Waals surface area contributed by atoms with Crippen molar-refractivity contribution in [1.82, 2.24) is 9.97 Å². The van der Waals surface area contributed by atoms with Gasteiger partial charge in [-0.2, -0.15) is 0 Å². The van der Waals surface area contributed by atoms with Gasteiger partial charge < -0.3 is 10.2 Å². The number of pyridine rings is 2. The van der Waals surface area contributed by atoms with Crippen LogP contribution in [0.1, 0.15) is 17.5 Å². The van der Waals surface area contributed by atoms with Crippen LogP contribution in [0.2, 0.25) is 0 Å². The maximum atomic E-state index is 12.0. The molecule has 0 spiro atoms. The Hall–Kier alpha value is -3.99. The number of hydrogen-bond donors (Lipinski definition) is 1. The fourth-order valence-electron chi connectivity index (χ4n) is 3.59. The summed E-state index contributed by atoms with van der Waals surface area (Å²) in [4.78, 5) is 22.7. The van der Waals surface area contributed by atoms with Crippen molar-refractivity contribution in [2.24, 2.45) is 0 Å². The number of amides is 1. The van der Waals surface area contributed by atoms with E-state index >= 15 is 0 Å². The molecule has 2 aromatic carbocycles. The van der Waals surface area contributed by atoms with Gasteiger partial charge in [0, 0.05) is 24.5 Å². The van der Waals surface area contributed by atoms with E-state index < -0.39 is 0 Å². The second-order valence-corrected chi connectivity index (χ2v) is 7.54. The number of benzene rings is 2. The summed E-state index contributed by atoms with van der Waals surface area (Å²) < 4.78 is 0.